The van der Waals surface area contributed by atoms with Crippen molar-refractivity contribution in [1.29, 1.82) is 0 Å². The third kappa shape index (κ3) is 3.30. The molecule has 106 valence electrons. The summed E-state index contributed by atoms with van der Waals surface area (Å²) in [5.41, 5.74) is 0.0340. The summed E-state index contributed by atoms with van der Waals surface area (Å²) in [4.78, 5) is 12.1. The van der Waals surface area contributed by atoms with Crippen LogP contribution in [-0.2, 0) is 0 Å². The first-order chi connectivity index (χ1) is 9.51. The number of hydrogen-bond donors (Lipinski definition) is 1. The van der Waals surface area contributed by atoms with Crippen LogP contribution in [0.2, 0.25) is 0 Å². The van der Waals surface area contributed by atoms with Crippen molar-refractivity contribution in [1.82, 2.24) is 0 Å². The van der Waals surface area contributed by atoms with Crippen LogP contribution < -0.4 is 4.74 Å². The van der Waals surface area contributed by atoms with E-state index < -0.39 is 11.0 Å². The number of nitrogens with zero attached hydrogens (tertiary/aromatic N) is 1. The van der Waals surface area contributed by atoms with E-state index in [2.05, 4.69) is 0 Å². The highest BCUT2D eigenvalue weighted by molar-refractivity contribution is 8.01. The Morgan fingerprint density at radius 3 is 2.55 bits per heavy atom. The maximum absolute atomic E-state index is 11.0. The summed E-state index contributed by atoms with van der Waals surface area (Å²) in [5, 5.41) is 20.6. The van der Waals surface area contributed by atoms with E-state index in [0.29, 0.717) is 9.09 Å². The first-order valence-corrected chi connectivity index (χ1v) is 7.42. The number of methoxy groups -OCH3 is 1. The molecule has 0 spiro atoms. The molecule has 7 heteroatoms. The second-order valence-corrected chi connectivity index (χ2v) is 6.46. The SMILES string of the molecule is COc1ccc(Sc2sc(C(C)O)cc2[N+](=O)[O-])cc1. The van der Waals surface area contributed by atoms with Crippen molar-refractivity contribution in [3.8, 4) is 5.75 Å². The first-order valence-electron chi connectivity index (χ1n) is 5.79. The van der Waals surface area contributed by atoms with Gasteiger partial charge in [-0.3, -0.25) is 10.1 Å². The zero-order chi connectivity index (χ0) is 14.7. The van der Waals surface area contributed by atoms with Gasteiger partial charge in [0.1, 0.15) is 9.96 Å². The third-order valence-electron chi connectivity index (χ3n) is 2.58. The molecule has 0 aliphatic carbocycles. The summed E-state index contributed by atoms with van der Waals surface area (Å²) in [6.45, 7) is 1.59. The van der Waals surface area contributed by atoms with Crippen LogP contribution in [0.25, 0.3) is 0 Å². The Morgan fingerprint density at radius 1 is 1.40 bits per heavy atom. The number of nitro groups is 1. The van der Waals surface area contributed by atoms with Gasteiger partial charge in [-0.15, -0.1) is 11.3 Å². The summed E-state index contributed by atoms with van der Waals surface area (Å²) >= 11 is 2.55. The Labute approximate surface area is 124 Å². The van der Waals surface area contributed by atoms with Crippen molar-refractivity contribution >= 4 is 28.8 Å². The molecule has 20 heavy (non-hydrogen) atoms. The smallest absolute Gasteiger partial charge is 0.294 e. The number of hydrogen-bond acceptors (Lipinski definition) is 6. The summed E-state index contributed by atoms with van der Waals surface area (Å²) in [6, 6.07) is 8.72. The van der Waals surface area contributed by atoms with Crippen LogP contribution in [0.4, 0.5) is 5.69 Å². The number of ether oxygens (including phenoxy) is 1. The monoisotopic (exact) mass is 311 g/mol. The van der Waals surface area contributed by atoms with Gasteiger partial charge in [-0.05, 0) is 31.2 Å². The van der Waals surface area contributed by atoms with Gasteiger partial charge in [-0.1, -0.05) is 11.8 Å². The van der Waals surface area contributed by atoms with E-state index in [0.717, 1.165) is 10.6 Å². The lowest BCUT2D eigenvalue weighted by Gasteiger charge is -2.01. The molecule has 1 unspecified atom stereocenters. The van der Waals surface area contributed by atoms with Crippen LogP contribution in [0.3, 0.4) is 0 Å². The van der Waals surface area contributed by atoms with Crippen molar-refractivity contribution < 1.29 is 14.8 Å². The molecular weight excluding hydrogens is 298 g/mol. The average molecular weight is 311 g/mol. The van der Waals surface area contributed by atoms with Crippen molar-refractivity contribution in [3.05, 3.63) is 45.3 Å². The van der Waals surface area contributed by atoms with Gasteiger partial charge in [-0.2, -0.15) is 0 Å². The topological polar surface area (TPSA) is 72.6 Å². The van der Waals surface area contributed by atoms with Crippen LogP contribution in [0.5, 0.6) is 5.75 Å². The molecule has 1 aromatic carbocycles. The van der Waals surface area contributed by atoms with Gasteiger partial charge in [0.25, 0.3) is 5.69 Å². The normalized spacial score (nSPS) is 12.2. The van der Waals surface area contributed by atoms with Gasteiger partial charge in [0, 0.05) is 15.8 Å². The van der Waals surface area contributed by atoms with Crippen LogP contribution in [0, 0.1) is 10.1 Å². The quantitative estimate of drug-likeness (QED) is 0.670. The van der Waals surface area contributed by atoms with Gasteiger partial charge in [0.05, 0.1) is 18.1 Å². The van der Waals surface area contributed by atoms with Gasteiger partial charge >= 0.3 is 0 Å². The molecule has 0 saturated carbocycles. The van der Waals surface area contributed by atoms with Gasteiger partial charge < -0.3 is 9.84 Å². The maximum Gasteiger partial charge on any atom is 0.294 e. The third-order valence-corrected chi connectivity index (χ3v) is 5.07. The lowest BCUT2D eigenvalue weighted by Crippen LogP contribution is -1.87. The fourth-order valence-corrected chi connectivity index (χ4v) is 3.80. The lowest BCUT2D eigenvalue weighted by atomic mass is 10.3. The Balaban J connectivity index is 2.29. The van der Waals surface area contributed by atoms with Crippen molar-refractivity contribution in [2.24, 2.45) is 0 Å². The predicted molar refractivity (Wildman–Crippen MR) is 78.7 cm³/mol. The average Bonchev–Trinajstić information content (AvgIpc) is 2.84. The van der Waals surface area contributed by atoms with Crippen molar-refractivity contribution in [2.45, 2.75) is 22.1 Å². The molecule has 0 saturated heterocycles. The zero-order valence-electron chi connectivity index (χ0n) is 10.9. The van der Waals surface area contributed by atoms with E-state index in [1.807, 2.05) is 12.1 Å². The minimum Gasteiger partial charge on any atom is -0.497 e. The Morgan fingerprint density at radius 2 is 2.05 bits per heavy atom. The van der Waals surface area contributed by atoms with E-state index in [1.54, 1.807) is 26.2 Å². The molecule has 0 radical (unpaired) electrons. The highest BCUT2D eigenvalue weighted by Gasteiger charge is 2.21. The second kappa shape index (κ2) is 6.25. The van der Waals surface area contributed by atoms with Crippen molar-refractivity contribution in [2.75, 3.05) is 7.11 Å². The molecule has 0 aliphatic heterocycles. The first kappa shape index (κ1) is 14.8. The van der Waals surface area contributed by atoms with E-state index in [4.69, 9.17) is 4.74 Å². The van der Waals surface area contributed by atoms with E-state index in [-0.39, 0.29) is 5.69 Å². The predicted octanol–water partition coefficient (Wildman–Crippen LogP) is 3.87. The molecule has 0 amide bonds. The zero-order valence-corrected chi connectivity index (χ0v) is 12.5. The fourth-order valence-electron chi connectivity index (χ4n) is 1.54. The summed E-state index contributed by atoms with van der Waals surface area (Å²) in [6.07, 6.45) is -0.705. The molecular formula is C13H13NO4S2. The van der Waals surface area contributed by atoms with Crippen LogP contribution in [-0.4, -0.2) is 17.1 Å². The maximum atomic E-state index is 11.0. The molecule has 0 bridgehead atoms. The number of thiophene rings is 1. The van der Waals surface area contributed by atoms with E-state index >= 15 is 0 Å². The molecule has 1 heterocycles. The molecule has 0 fully saturated rings. The van der Waals surface area contributed by atoms with Crippen LogP contribution in [0.15, 0.2) is 39.4 Å². The Hall–Kier alpha value is -1.57. The number of aliphatic hydroxyl groups is 1. The second-order valence-electron chi connectivity index (χ2n) is 4.03. The fraction of sp³-hybridized carbons (Fsp3) is 0.231. The minimum atomic E-state index is -0.705. The molecule has 2 rings (SSSR count). The van der Waals surface area contributed by atoms with Crippen molar-refractivity contribution in [3.63, 3.8) is 0 Å². The number of aliphatic hydroxyl groups excluding tert-OH is 1. The van der Waals surface area contributed by atoms with Gasteiger partial charge in [0.2, 0.25) is 0 Å². The lowest BCUT2D eigenvalue weighted by molar-refractivity contribution is -0.387. The van der Waals surface area contributed by atoms with Gasteiger partial charge in [0.15, 0.2) is 0 Å². The van der Waals surface area contributed by atoms with E-state index in [9.17, 15) is 15.2 Å². The standard InChI is InChI=1S/C13H13NO4S2/c1-8(15)12-7-11(14(16)17)13(20-12)19-10-5-3-9(18-2)4-6-10/h3-8,15H,1-2H3. The molecule has 2 aromatic rings. The molecule has 1 N–H and O–H groups in total. The highest BCUT2D eigenvalue weighted by atomic mass is 32.2. The summed E-state index contributed by atoms with van der Waals surface area (Å²) in [7, 11) is 1.58. The molecule has 0 aliphatic rings. The highest BCUT2D eigenvalue weighted by Crippen LogP contribution is 2.43. The minimum absolute atomic E-state index is 0.0340. The summed E-state index contributed by atoms with van der Waals surface area (Å²) in [5.74, 6) is 0.736. The largest absolute Gasteiger partial charge is 0.497 e. The molecule has 1 aromatic heterocycles. The number of benzene rings is 1. The van der Waals surface area contributed by atoms with Crippen LogP contribution in [0.1, 0.15) is 17.9 Å². The van der Waals surface area contributed by atoms with E-state index in [1.165, 1.54) is 29.2 Å². The Bertz CT molecular complexity index is 607. The molecule has 5 nitrogen and oxygen atoms in total. The number of rotatable bonds is 5. The van der Waals surface area contributed by atoms with Gasteiger partial charge in [-0.25, -0.2) is 0 Å². The molecule has 1 atom stereocenters. The Kier molecular flexibility index (Phi) is 4.64. The van der Waals surface area contributed by atoms with Crippen LogP contribution >= 0.6 is 23.1 Å². The summed E-state index contributed by atoms with van der Waals surface area (Å²) < 4.78 is 5.63.